The molecular formula is C31H21F4N3O4S. The fourth-order valence-electron chi connectivity index (χ4n) is 4.13. The van der Waals surface area contributed by atoms with Gasteiger partial charge in [0.2, 0.25) is 0 Å². The fourth-order valence-corrected chi connectivity index (χ4v) is 5.11. The number of benzene rings is 4. The van der Waals surface area contributed by atoms with Crippen LogP contribution < -0.4 is 20.3 Å². The van der Waals surface area contributed by atoms with Gasteiger partial charge in [-0.1, -0.05) is 17.8 Å². The Labute approximate surface area is 247 Å². The van der Waals surface area contributed by atoms with E-state index in [1.165, 1.54) is 19.2 Å². The van der Waals surface area contributed by atoms with Crippen LogP contribution in [-0.2, 0) is 15.8 Å². The van der Waals surface area contributed by atoms with Crippen molar-refractivity contribution in [2.24, 2.45) is 0 Å². The van der Waals surface area contributed by atoms with Crippen LogP contribution in [0.5, 0.6) is 5.75 Å². The number of anilines is 3. The van der Waals surface area contributed by atoms with Crippen molar-refractivity contribution in [3.05, 3.63) is 125 Å². The van der Waals surface area contributed by atoms with E-state index in [-0.39, 0.29) is 21.9 Å². The molecule has 3 amide bonds. The Bertz CT molecular complexity index is 1720. The summed E-state index contributed by atoms with van der Waals surface area (Å²) in [5.74, 6) is -1.91. The van der Waals surface area contributed by atoms with Gasteiger partial charge in [-0.15, -0.1) is 0 Å². The third-order valence-corrected chi connectivity index (χ3v) is 7.34. The Morgan fingerprint density at radius 1 is 0.837 bits per heavy atom. The summed E-state index contributed by atoms with van der Waals surface area (Å²) in [6.07, 6.45) is -4.59. The van der Waals surface area contributed by atoms with Gasteiger partial charge in [0.25, 0.3) is 17.7 Å². The van der Waals surface area contributed by atoms with E-state index in [1.54, 1.807) is 48.5 Å². The Morgan fingerprint density at radius 2 is 1.51 bits per heavy atom. The second-order valence-corrected chi connectivity index (χ2v) is 10.2. The minimum atomic E-state index is -4.59. The average Bonchev–Trinajstić information content (AvgIpc) is 3.21. The minimum Gasteiger partial charge on any atom is -0.497 e. The number of rotatable bonds is 8. The lowest BCUT2D eigenvalue weighted by Crippen LogP contribution is -2.32. The molecule has 0 atom stereocenters. The second kappa shape index (κ2) is 12.0. The van der Waals surface area contributed by atoms with Crippen molar-refractivity contribution in [1.29, 1.82) is 0 Å². The van der Waals surface area contributed by atoms with Crippen LogP contribution >= 0.6 is 11.8 Å². The van der Waals surface area contributed by atoms with Crippen LogP contribution in [0.1, 0.15) is 15.9 Å². The quantitative estimate of drug-likeness (QED) is 0.164. The van der Waals surface area contributed by atoms with Crippen molar-refractivity contribution >= 4 is 46.5 Å². The molecule has 4 aromatic rings. The molecule has 0 fully saturated rings. The van der Waals surface area contributed by atoms with Gasteiger partial charge in [0.05, 0.1) is 18.4 Å². The fraction of sp³-hybridized carbons (Fsp3) is 0.0645. The first-order valence-electron chi connectivity index (χ1n) is 12.6. The number of nitrogens with one attached hydrogen (secondary N) is 2. The molecule has 218 valence electrons. The predicted octanol–water partition coefficient (Wildman–Crippen LogP) is 7.09. The van der Waals surface area contributed by atoms with Crippen LogP contribution in [0.2, 0.25) is 0 Å². The van der Waals surface area contributed by atoms with E-state index in [1.807, 2.05) is 0 Å². The topological polar surface area (TPSA) is 87.7 Å². The van der Waals surface area contributed by atoms with Crippen molar-refractivity contribution < 1.29 is 36.7 Å². The molecule has 2 N–H and O–H groups in total. The van der Waals surface area contributed by atoms with E-state index < -0.39 is 35.3 Å². The van der Waals surface area contributed by atoms with Crippen molar-refractivity contribution in [1.82, 2.24) is 0 Å². The van der Waals surface area contributed by atoms with Crippen LogP contribution in [0.25, 0.3) is 0 Å². The third-order valence-electron chi connectivity index (χ3n) is 6.27. The number of ether oxygens (including phenoxy) is 1. The molecule has 0 radical (unpaired) electrons. The monoisotopic (exact) mass is 607 g/mol. The molecule has 0 spiro atoms. The molecular weight excluding hydrogens is 586 g/mol. The van der Waals surface area contributed by atoms with E-state index in [0.29, 0.717) is 22.0 Å². The summed E-state index contributed by atoms with van der Waals surface area (Å²) < 4.78 is 57.7. The molecule has 1 heterocycles. The van der Waals surface area contributed by atoms with E-state index in [2.05, 4.69) is 10.6 Å². The molecule has 7 nitrogen and oxygen atoms in total. The largest absolute Gasteiger partial charge is 0.497 e. The number of carbonyl (C=O) groups excluding carboxylic acids is 3. The van der Waals surface area contributed by atoms with Gasteiger partial charge in [0.15, 0.2) is 0 Å². The Hall–Kier alpha value is -5.10. The molecule has 4 aromatic carbocycles. The highest BCUT2D eigenvalue weighted by molar-refractivity contribution is 8.04. The first-order valence-corrected chi connectivity index (χ1v) is 13.4. The van der Waals surface area contributed by atoms with Crippen LogP contribution in [0.4, 0.5) is 34.6 Å². The van der Waals surface area contributed by atoms with Gasteiger partial charge in [0.1, 0.15) is 22.2 Å². The van der Waals surface area contributed by atoms with Gasteiger partial charge in [0, 0.05) is 21.8 Å². The van der Waals surface area contributed by atoms with E-state index in [4.69, 9.17) is 4.74 Å². The maximum atomic E-state index is 13.6. The molecule has 0 saturated heterocycles. The first-order chi connectivity index (χ1) is 20.5. The lowest BCUT2D eigenvalue weighted by molar-refractivity contribution is -0.137. The molecule has 43 heavy (non-hydrogen) atoms. The van der Waals surface area contributed by atoms with Crippen LogP contribution in [-0.4, -0.2) is 24.8 Å². The summed E-state index contributed by atoms with van der Waals surface area (Å²) in [6, 6.07) is 21.8. The molecule has 0 aromatic heterocycles. The lowest BCUT2D eigenvalue weighted by atomic mass is 10.2. The standard InChI is InChI=1S/C31H21F4N3O4S/c1-42-24-15-11-21(12-16-24)36-26-27(30(41)38(29(26)40)23-13-7-19(8-14-23)31(33,34)35)43-25-4-2-3-22(17-25)37-28(39)18-5-9-20(32)10-6-18/h2-17,36H,1H3,(H,37,39). The van der Waals surface area contributed by atoms with Crippen molar-refractivity contribution in [2.45, 2.75) is 11.1 Å². The van der Waals surface area contributed by atoms with Gasteiger partial charge in [-0.05, 0) is 91.0 Å². The smallest absolute Gasteiger partial charge is 0.416 e. The first kappa shape index (κ1) is 29.4. The summed E-state index contributed by atoms with van der Waals surface area (Å²) in [5.41, 5.74) is 0.0326. The molecule has 5 rings (SSSR count). The Morgan fingerprint density at radius 3 is 2.14 bits per heavy atom. The molecule has 0 saturated carbocycles. The van der Waals surface area contributed by atoms with Crippen molar-refractivity contribution in [3.63, 3.8) is 0 Å². The van der Waals surface area contributed by atoms with Crippen LogP contribution in [0.3, 0.4) is 0 Å². The van der Waals surface area contributed by atoms with Gasteiger partial charge in [-0.3, -0.25) is 14.4 Å². The van der Waals surface area contributed by atoms with Gasteiger partial charge in [-0.25, -0.2) is 9.29 Å². The second-order valence-electron chi connectivity index (χ2n) is 9.14. The van der Waals surface area contributed by atoms with Crippen LogP contribution in [0, 0.1) is 5.82 Å². The molecule has 12 heteroatoms. The maximum Gasteiger partial charge on any atom is 0.416 e. The minimum absolute atomic E-state index is 0.0114. The zero-order valence-electron chi connectivity index (χ0n) is 22.2. The summed E-state index contributed by atoms with van der Waals surface area (Å²) in [7, 11) is 1.50. The SMILES string of the molecule is COc1ccc(NC2=C(Sc3cccc(NC(=O)c4ccc(F)cc4)c3)C(=O)N(c3ccc(C(F)(F)F)cc3)C2=O)cc1. The number of hydrogen-bond acceptors (Lipinski definition) is 6. The normalized spacial score (nSPS) is 13.4. The maximum absolute atomic E-state index is 13.6. The van der Waals surface area contributed by atoms with E-state index >= 15 is 0 Å². The molecule has 0 bridgehead atoms. The molecule has 1 aliphatic rings. The van der Waals surface area contributed by atoms with Crippen molar-refractivity contribution in [2.75, 3.05) is 22.6 Å². The highest BCUT2D eigenvalue weighted by Gasteiger charge is 2.41. The Kier molecular flexibility index (Phi) is 8.22. The van der Waals surface area contributed by atoms with Gasteiger partial charge >= 0.3 is 6.18 Å². The summed E-state index contributed by atoms with van der Waals surface area (Å²) >= 11 is 0.942. The number of nitrogens with zero attached hydrogens (tertiary/aromatic N) is 1. The number of amides is 3. The summed E-state index contributed by atoms with van der Waals surface area (Å²) in [6.45, 7) is 0. The van der Waals surface area contributed by atoms with E-state index in [0.717, 1.165) is 53.1 Å². The average molecular weight is 608 g/mol. The Balaban J connectivity index is 1.45. The predicted molar refractivity (Wildman–Crippen MR) is 154 cm³/mol. The number of imide groups is 1. The third kappa shape index (κ3) is 6.54. The number of methoxy groups -OCH3 is 1. The van der Waals surface area contributed by atoms with Gasteiger partial charge < -0.3 is 15.4 Å². The highest BCUT2D eigenvalue weighted by atomic mass is 32.2. The number of carbonyl (C=O) groups is 3. The molecule has 1 aliphatic heterocycles. The van der Waals surface area contributed by atoms with E-state index in [9.17, 15) is 31.9 Å². The summed E-state index contributed by atoms with van der Waals surface area (Å²) in [4.78, 5) is 41.1. The lowest BCUT2D eigenvalue weighted by Gasteiger charge is -2.16. The highest BCUT2D eigenvalue weighted by Crippen LogP contribution is 2.39. The molecule has 0 unspecified atom stereocenters. The zero-order chi connectivity index (χ0) is 30.7. The van der Waals surface area contributed by atoms with Crippen molar-refractivity contribution in [3.8, 4) is 5.75 Å². The van der Waals surface area contributed by atoms with Crippen LogP contribution in [0.15, 0.2) is 113 Å². The number of halogens is 4. The van der Waals surface area contributed by atoms with Gasteiger partial charge in [-0.2, -0.15) is 13.2 Å². The zero-order valence-corrected chi connectivity index (χ0v) is 23.1. The number of thioether (sulfide) groups is 1. The molecule has 0 aliphatic carbocycles. The summed E-state index contributed by atoms with van der Waals surface area (Å²) in [5, 5.41) is 5.67. The number of alkyl halides is 3. The number of hydrogen-bond donors (Lipinski definition) is 2.